The molecule has 0 aromatic carbocycles. The Balaban J connectivity index is 1.99. The molecular weight excluding hydrogens is 240 g/mol. The van der Waals surface area contributed by atoms with Crippen LogP contribution in [0.2, 0.25) is 0 Å². The van der Waals surface area contributed by atoms with Crippen molar-refractivity contribution in [3.05, 3.63) is 0 Å². The molecule has 0 aromatic heterocycles. The quantitative estimate of drug-likeness (QED) is 0.535. The van der Waals surface area contributed by atoms with Crippen molar-refractivity contribution in [2.24, 2.45) is 0 Å². The fourth-order valence-electron chi connectivity index (χ4n) is 1.95. The van der Waals surface area contributed by atoms with Crippen molar-refractivity contribution < 1.29 is 19.7 Å². The number of hydrogen-bond donors (Lipinski definition) is 2. The van der Waals surface area contributed by atoms with Crippen LogP contribution in [0.3, 0.4) is 0 Å². The molecule has 0 spiro atoms. The normalized spacial score (nSPS) is 28.3. The molecule has 1 heterocycles. The number of unbranched alkanes of at least 4 members (excludes halogenated alkanes) is 2. The lowest BCUT2D eigenvalue weighted by molar-refractivity contribution is -0.143. The molecule has 0 aliphatic carbocycles. The summed E-state index contributed by atoms with van der Waals surface area (Å²) < 4.78 is 4.84. The lowest BCUT2D eigenvalue weighted by Gasteiger charge is -2.14. The number of thioether (sulfide) groups is 1. The third kappa shape index (κ3) is 5.27. The molecule has 0 aromatic rings. The van der Waals surface area contributed by atoms with E-state index in [1.165, 1.54) is 0 Å². The average Bonchev–Trinajstić information content (AvgIpc) is 2.60. The van der Waals surface area contributed by atoms with Crippen LogP contribution in [0.25, 0.3) is 0 Å². The van der Waals surface area contributed by atoms with Gasteiger partial charge in [0.15, 0.2) is 0 Å². The highest BCUT2D eigenvalue weighted by molar-refractivity contribution is 8.00. The summed E-state index contributed by atoms with van der Waals surface area (Å²) in [7, 11) is 0. The largest absolute Gasteiger partial charge is 0.466 e. The molecule has 1 aliphatic rings. The first-order valence-corrected chi connectivity index (χ1v) is 7.33. The zero-order valence-corrected chi connectivity index (χ0v) is 11.1. The Labute approximate surface area is 107 Å². The van der Waals surface area contributed by atoms with Gasteiger partial charge < -0.3 is 14.9 Å². The van der Waals surface area contributed by atoms with Gasteiger partial charge in [-0.05, 0) is 19.8 Å². The second kappa shape index (κ2) is 7.95. The van der Waals surface area contributed by atoms with Crippen molar-refractivity contribution in [3.8, 4) is 0 Å². The Morgan fingerprint density at radius 3 is 2.71 bits per heavy atom. The van der Waals surface area contributed by atoms with Gasteiger partial charge in [-0.15, -0.1) is 0 Å². The van der Waals surface area contributed by atoms with Gasteiger partial charge in [-0.1, -0.05) is 12.8 Å². The minimum atomic E-state index is -0.579. The van der Waals surface area contributed by atoms with Gasteiger partial charge in [-0.25, -0.2) is 0 Å². The standard InChI is InChI=1S/C12H22O4S/c1-2-16-11(14)7-5-3-4-6-10-12(15)9(13)8-17-10/h9-10,12-13,15H,2-8H2,1H3/t9-,10+,12-/m1/s1. The van der Waals surface area contributed by atoms with Gasteiger partial charge in [-0.2, -0.15) is 11.8 Å². The summed E-state index contributed by atoms with van der Waals surface area (Å²) >= 11 is 1.64. The number of esters is 1. The number of hydrogen-bond acceptors (Lipinski definition) is 5. The molecule has 0 bridgehead atoms. The van der Waals surface area contributed by atoms with Crippen LogP contribution in [0.5, 0.6) is 0 Å². The van der Waals surface area contributed by atoms with Crippen molar-refractivity contribution in [2.45, 2.75) is 56.5 Å². The van der Waals surface area contributed by atoms with Crippen molar-refractivity contribution >= 4 is 17.7 Å². The van der Waals surface area contributed by atoms with Crippen LogP contribution >= 0.6 is 11.8 Å². The SMILES string of the molecule is CCOC(=O)CCCCC[C@@H]1SC[C@@H](O)[C@H]1O. The maximum atomic E-state index is 11.1. The maximum absolute atomic E-state index is 11.1. The zero-order valence-electron chi connectivity index (χ0n) is 10.3. The highest BCUT2D eigenvalue weighted by Crippen LogP contribution is 2.31. The molecular formula is C12H22O4S. The molecule has 1 saturated heterocycles. The van der Waals surface area contributed by atoms with Crippen LogP contribution in [0.1, 0.15) is 39.0 Å². The van der Waals surface area contributed by atoms with Crippen molar-refractivity contribution in [3.63, 3.8) is 0 Å². The van der Waals surface area contributed by atoms with E-state index < -0.39 is 12.2 Å². The Hall–Kier alpha value is -0.260. The summed E-state index contributed by atoms with van der Waals surface area (Å²) in [5.74, 6) is 0.507. The number of carbonyl (C=O) groups is 1. The zero-order chi connectivity index (χ0) is 12.7. The van der Waals surface area contributed by atoms with E-state index in [9.17, 15) is 15.0 Å². The number of carbonyl (C=O) groups excluding carboxylic acids is 1. The third-order valence-electron chi connectivity index (χ3n) is 2.93. The van der Waals surface area contributed by atoms with Gasteiger partial charge in [0.25, 0.3) is 0 Å². The Morgan fingerprint density at radius 1 is 1.35 bits per heavy atom. The molecule has 4 nitrogen and oxygen atoms in total. The Kier molecular flexibility index (Phi) is 6.92. The molecule has 1 rings (SSSR count). The molecule has 17 heavy (non-hydrogen) atoms. The summed E-state index contributed by atoms with van der Waals surface area (Å²) in [6, 6.07) is 0. The first-order valence-electron chi connectivity index (χ1n) is 6.28. The van der Waals surface area contributed by atoms with Crippen molar-refractivity contribution in [1.29, 1.82) is 0 Å². The second-order valence-corrected chi connectivity index (χ2v) is 5.61. The number of ether oxygens (including phenoxy) is 1. The second-order valence-electron chi connectivity index (χ2n) is 4.33. The van der Waals surface area contributed by atoms with E-state index in [0.717, 1.165) is 25.7 Å². The maximum Gasteiger partial charge on any atom is 0.305 e. The number of aliphatic hydroxyl groups excluding tert-OH is 2. The van der Waals surface area contributed by atoms with E-state index in [0.29, 0.717) is 18.8 Å². The van der Waals surface area contributed by atoms with Gasteiger partial charge in [0, 0.05) is 17.4 Å². The number of rotatable bonds is 7. The van der Waals surface area contributed by atoms with Gasteiger partial charge >= 0.3 is 5.97 Å². The van der Waals surface area contributed by atoms with Gasteiger partial charge in [-0.3, -0.25) is 4.79 Å². The molecule has 0 amide bonds. The molecule has 3 atom stereocenters. The Morgan fingerprint density at radius 2 is 2.12 bits per heavy atom. The van der Waals surface area contributed by atoms with Crippen LogP contribution in [-0.2, 0) is 9.53 Å². The molecule has 0 saturated carbocycles. The topological polar surface area (TPSA) is 66.8 Å². The molecule has 1 fully saturated rings. The van der Waals surface area contributed by atoms with Crippen LogP contribution in [0.15, 0.2) is 0 Å². The monoisotopic (exact) mass is 262 g/mol. The lowest BCUT2D eigenvalue weighted by Crippen LogP contribution is -2.28. The van der Waals surface area contributed by atoms with E-state index in [-0.39, 0.29) is 11.2 Å². The summed E-state index contributed by atoms with van der Waals surface area (Å²) in [5, 5.41) is 19.2. The Bertz CT molecular complexity index is 235. The highest BCUT2D eigenvalue weighted by Gasteiger charge is 2.33. The molecule has 1 aliphatic heterocycles. The molecule has 0 unspecified atom stereocenters. The fourth-order valence-corrected chi connectivity index (χ4v) is 3.30. The van der Waals surface area contributed by atoms with E-state index in [4.69, 9.17) is 4.74 Å². The summed E-state index contributed by atoms with van der Waals surface area (Å²) in [4.78, 5) is 11.1. The summed E-state index contributed by atoms with van der Waals surface area (Å²) in [6.45, 7) is 2.25. The third-order valence-corrected chi connectivity index (χ3v) is 4.41. The van der Waals surface area contributed by atoms with Gasteiger partial charge in [0.2, 0.25) is 0 Å². The first kappa shape index (κ1) is 14.8. The predicted octanol–water partition coefficient (Wildman–Crippen LogP) is 1.34. The van der Waals surface area contributed by atoms with Gasteiger partial charge in [0.05, 0.1) is 18.8 Å². The van der Waals surface area contributed by atoms with Crippen molar-refractivity contribution in [2.75, 3.05) is 12.4 Å². The van der Waals surface area contributed by atoms with Crippen LogP contribution in [0, 0.1) is 0 Å². The van der Waals surface area contributed by atoms with E-state index in [2.05, 4.69) is 0 Å². The van der Waals surface area contributed by atoms with E-state index in [1.54, 1.807) is 11.8 Å². The smallest absolute Gasteiger partial charge is 0.305 e. The predicted molar refractivity (Wildman–Crippen MR) is 68.0 cm³/mol. The minimum Gasteiger partial charge on any atom is -0.466 e. The first-order chi connectivity index (χ1) is 8.15. The van der Waals surface area contributed by atoms with Crippen molar-refractivity contribution in [1.82, 2.24) is 0 Å². The molecule has 5 heteroatoms. The van der Waals surface area contributed by atoms with Crippen LogP contribution in [0.4, 0.5) is 0 Å². The average molecular weight is 262 g/mol. The van der Waals surface area contributed by atoms with E-state index >= 15 is 0 Å². The highest BCUT2D eigenvalue weighted by atomic mass is 32.2. The molecule has 0 radical (unpaired) electrons. The van der Waals surface area contributed by atoms with E-state index in [1.807, 2.05) is 6.92 Å². The van der Waals surface area contributed by atoms with Crippen LogP contribution in [-0.4, -0.2) is 46.0 Å². The number of aliphatic hydroxyl groups is 2. The van der Waals surface area contributed by atoms with Gasteiger partial charge in [0.1, 0.15) is 0 Å². The van der Waals surface area contributed by atoms with Crippen LogP contribution < -0.4 is 0 Å². The fraction of sp³-hybridized carbons (Fsp3) is 0.917. The summed E-state index contributed by atoms with van der Waals surface area (Å²) in [5.41, 5.74) is 0. The molecule has 100 valence electrons. The lowest BCUT2D eigenvalue weighted by atomic mass is 10.1. The summed E-state index contributed by atoms with van der Waals surface area (Å²) in [6.07, 6.45) is 3.05. The molecule has 2 N–H and O–H groups in total. The minimum absolute atomic E-state index is 0.127.